The average molecular weight is 327 g/mol. The van der Waals surface area contributed by atoms with E-state index < -0.39 is 0 Å². The molecule has 2 bridgehead atoms. The standard InChI is InChI=1S/C19H25N3S/c1-15-20-18(14-23-15)12-21-9-17-7-8-19(13-21)22(11-17)10-16-5-3-2-4-6-16/h2-6,14,17,19H,7-13H2,1H3/t17-,19+/m0/s1. The van der Waals surface area contributed by atoms with Gasteiger partial charge in [0.25, 0.3) is 0 Å². The van der Waals surface area contributed by atoms with Crippen molar-refractivity contribution in [1.29, 1.82) is 0 Å². The molecular formula is C19H25N3S. The van der Waals surface area contributed by atoms with Crippen LogP contribution in [0.2, 0.25) is 0 Å². The summed E-state index contributed by atoms with van der Waals surface area (Å²) in [5.74, 6) is 0.817. The lowest BCUT2D eigenvalue weighted by Gasteiger charge is -2.36. The zero-order valence-corrected chi connectivity index (χ0v) is 14.6. The molecule has 0 spiro atoms. The Labute approximate surface area is 143 Å². The minimum atomic E-state index is 0.702. The van der Waals surface area contributed by atoms with Crippen molar-refractivity contribution < 1.29 is 0 Å². The quantitative estimate of drug-likeness (QED) is 0.856. The second-order valence-corrected chi connectivity index (χ2v) is 8.13. The van der Waals surface area contributed by atoms with E-state index in [1.807, 2.05) is 0 Å². The molecule has 0 unspecified atom stereocenters. The summed E-state index contributed by atoms with van der Waals surface area (Å²) in [5, 5.41) is 3.41. The van der Waals surface area contributed by atoms with Crippen molar-refractivity contribution in [1.82, 2.24) is 14.8 Å². The number of nitrogens with zero attached hydrogens (tertiary/aromatic N) is 3. The summed E-state index contributed by atoms with van der Waals surface area (Å²) >= 11 is 1.77. The maximum atomic E-state index is 4.66. The Morgan fingerprint density at radius 3 is 2.74 bits per heavy atom. The van der Waals surface area contributed by atoms with Crippen LogP contribution in [0.1, 0.15) is 29.1 Å². The Kier molecular flexibility index (Phi) is 4.47. The Bertz CT molecular complexity index is 639. The van der Waals surface area contributed by atoms with E-state index in [0.29, 0.717) is 6.04 Å². The summed E-state index contributed by atoms with van der Waals surface area (Å²) in [6.45, 7) is 7.91. The van der Waals surface area contributed by atoms with Gasteiger partial charge in [-0.1, -0.05) is 30.3 Å². The minimum absolute atomic E-state index is 0.702. The number of rotatable bonds is 4. The predicted molar refractivity (Wildman–Crippen MR) is 95.5 cm³/mol. The smallest absolute Gasteiger partial charge is 0.0897 e. The van der Waals surface area contributed by atoms with Crippen LogP contribution in [0.5, 0.6) is 0 Å². The monoisotopic (exact) mass is 327 g/mol. The van der Waals surface area contributed by atoms with Gasteiger partial charge in [0, 0.05) is 44.1 Å². The first-order chi connectivity index (χ1) is 11.3. The highest BCUT2D eigenvalue weighted by molar-refractivity contribution is 7.09. The largest absolute Gasteiger partial charge is 0.296 e. The fraction of sp³-hybridized carbons (Fsp3) is 0.526. The third-order valence-electron chi connectivity index (χ3n) is 5.18. The van der Waals surface area contributed by atoms with Gasteiger partial charge in [-0.25, -0.2) is 4.98 Å². The number of hydrogen-bond acceptors (Lipinski definition) is 4. The molecule has 3 aliphatic heterocycles. The number of benzene rings is 1. The van der Waals surface area contributed by atoms with Gasteiger partial charge >= 0.3 is 0 Å². The van der Waals surface area contributed by atoms with E-state index in [-0.39, 0.29) is 0 Å². The molecule has 3 saturated heterocycles. The van der Waals surface area contributed by atoms with Crippen LogP contribution < -0.4 is 0 Å². The van der Waals surface area contributed by atoms with Gasteiger partial charge in [0.1, 0.15) is 0 Å². The molecule has 3 aliphatic rings. The third-order valence-corrected chi connectivity index (χ3v) is 6.01. The lowest BCUT2D eigenvalue weighted by atomic mass is 9.94. The van der Waals surface area contributed by atoms with Crippen LogP contribution in [-0.2, 0) is 13.1 Å². The number of aromatic nitrogens is 1. The fourth-order valence-corrected chi connectivity index (χ4v) is 4.73. The lowest BCUT2D eigenvalue weighted by Crippen LogP contribution is -2.43. The van der Waals surface area contributed by atoms with E-state index in [9.17, 15) is 0 Å². The minimum Gasteiger partial charge on any atom is -0.296 e. The van der Waals surface area contributed by atoms with Gasteiger partial charge in [0.2, 0.25) is 0 Å². The van der Waals surface area contributed by atoms with Crippen LogP contribution in [0.3, 0.4) is 0 Å². The summed E-state index contributed by atoms with van der Waals surface area (Å²) in [6, 6.07) is 11.6. The van der Waals surface area contributed by atoms with Gasteiger partial charge in [-0.2, -0.15) is 0 Å². The first kappa shape index (κ1) is 15.3. The molecule has 23 heavy (non-hydrogen) atoms. The highest BCUT2D eigenvalue weighted by Gasteiger charge is 2.34. The van der Waals surface area contributed by atoms with Gasteiger partial charge in [0.05, 0.1) is 10.7 Å². The van der Waals surface area contributed by atoms with Gasteiger partial charge in [-0.05, 0) is 31.2 Å². The molecule has 122 valence electrons. The average Bonchev–Trinajstić information content (AvgIpc) is 2.77. The molecule has 1 aromatic carbocycles. The molecule has 0 N–H and O–H groups in total. The summed E-state index contributed by atoms with van der Waals surface area (Å²) in [6.07, 6.45) is 2.74. The Hall–Kier alpha value is -1.23. The van der Waals surface area contributed by atoms with Crippen molar-refractivity contribution in [3.8, 4) is 0 Å². The molecule has 0 aliphatic carbocycles. The Balaban J connectivity index is 1.44. The molecule has 4 heteroatoms. The van der Waals surface area contributed by atoms with Crippen LogP contribution in [0, 0.1) is 12.8 Å². The Morgan fingerprint density at radius 1 is 1.09 bits per heavy atom. The van der Waals surface area contributed by atoms with Crippen molar-refractivity contribution in [2.45, 2.75) is 38.9 Å². The van der Waals surface area contributed by atoms with Crippen molar-refractivity contribution in [3.63, 3.8) is 0 Å². The summed E-state index contributed by atoms with van der Waals surface area (Å²) in [4.78, 5) is 10.0. The maximum Gasteiger partial charge on any atom is 0.0897 e. The molecule has 3 fully saturated rings. The number of aryl methyl sites for hydroxylation is 1. The van der Waals surface area contributed by atoms with Crippen LogP contribution in [0.25, 0.3) is 0 Å². The highest BCUT2D eigenvalue weighted by Crippen LogP contribution is 2.30. The van der Waals surface area contributed by atoms with Gasteiger partial charge < -0.3 is 0 Å². The van der Waals surface area contributed by atoms with E-state index in [0.717, 1.165) is 19.0 Å². The van der Waals surface area contributed by atoms with Gasteiger partial charge in [-0.15, -0.1) is 11.3 Å². The van der Waals surface area contributed by atoms with Gasteiger partial charge in [-0.3, -0.25) is 9.80 Å². The molecule has 3 nitrogen and oxygen atoms in total. The maximum absolute atomic E-state index is 4.66. The van der Waals surface area contributed by atoms with Crippen molar-refractivity contribution >= 4 is 11.3 Å². The topological polar surface area (TPSA) is 19.4 Å². The van der Waals surface area contributed by atoms with Crippen molar-refractivity contribution in [2.24, 2.45) is 5.92 Å². The van der Waals surface area contributed by atoms with E-state index in [4.69, 9.17) is 0 Å². The van der Waals surface area contributed by atoms with E-state index >= 15 is 0 Å². The first-order valence-corrected chi connectivity index (χ1v) is 9.55. The highest BCUT2D eigenvalue weighted by atomic mass is 32.1. The predicted octanol–water partition coefficient (Wildman–Crippen LogP) is 3.55. The third kappa shape index (κ3) is 3.65. The normalized spacial score (nSPS) is 25.6. The molecule has 4 heterocycles. The second-order valence-electron chi connectivity index (χ2n) is 7.06. The summed E-state index contributed by atoms with van der Waals surface area (Å²) < 4.78 is 0. The SMILES string of the molecule is Cc1nc(CN2C[C@@H]3CC[C@H](C2)N(Cc2ccccc2)C3)cs1. The molecule has 1 aromatic heterocycles. The zero-order valence-electron chi connectivity index (χ0n) is 13.8. The number of thiazole rings is 1. The van der Waals surface area contributed by atoms with Crippen LogP contribution in [0.15, 0.2) is 35.7 Å². The number of hydrogen-bond donors (Lipinski definition) is 0. The molecule has 2 atom stereocenters. The number of fused-ring (bicyclic) bond motifs is 4. The Morgan fingerprint density at radius 2 is 1.96 bits per heavy atom. The molecule has 0 radical (unpaired) electrons. The summed E-state index contributed by atoms with van der Waals surface area (Å²) in [7, 11) is 0. The number of piperidine rings is 1. The van der Waals surface area contributed by atoms with Gasteiger partial charge in [0.15, 0.2) is 0 Å². The lowest BCUT2D eigenvalue weighted by molar-refractivity contribution is 0.123. The van der Waals surface area contributed by atoms with Crippen molar-refractivity contribution in [2.75, 3.05) is 19.6 Å². The van der Waals surface area contributed by atoms with E-state index in [2.05, 4.69) is 57.4 Å². The summed E-state index contributed by atoms with van der Waals surface area (Å²) in [5.41, 5.74) is 2.70. The molecular weight excluding hydrogens is 302 g/mol. The van der Waals surface area contributed by atoms with Crippen LogP contribution in [0.4, 0.5) is 0 Å². The van der Waals surface area contributed by atoms with Crippen LogP contribution in [-0.4, -0.2) is 40.5 Å². The van der Waals surface area contributed by atoms with Crippen LogP contribution >= 0.6 is 11.3 Å². The first-order valence-electron chi connectivity index (χ1n) is 8.67. The van der Waals surface area contributed by atoms with E-state index in [1.165, 1.54) is 48.7 Å². The molecule has 0 amide bonds. The zero-order chi connectivity index (χ0) is 15.6. The van der Waals surface area contributed by atoms with Crippen molar-refractivity contribution in [3.05, 3.63) is 52.0 Å². The van der Waals surface area contributed by atoms with E-state index in [1.54, 1.807) is 11.3 Å². The molecule has 5 rings (SSSR count). The molecule has 0 saturated carbocycles. The fourth-order valence-electron chi connectivity index (χ4n) is 4.13. The second kappa shape index (κ2) is 6.71. The molecule has 2 aromatic rings.